The third-order valence-electron chi connectivity index (χ3n) is 8.01. The van der Waals surface area contributed by atoms with Gasteiger partial charge in [-0.05, 0) is 61.1 Å². The lowest BCUT2D eigenvalue weighted by Gasteiger charge is -2.32. The molecule has 0 spiro atoms. The first kappa shape index (κ1) is 21.2. The van der Waals surface area contributed by atoms with Gasteiger partial charge < -0.3 is 4.74 Å². The van der Waals surface area contributed by atoms with Crippen LogP contribution >= 0.6 is 0 Å². The van der Waals surface area contributed by atoms with E-state index in [1.54, 1.807) is 0 Å². The van der Waals surface area contributed by atoms with Crippen molar-refractivity contribution < 1.29 is 4.74 Å². The maximum Gasteiger partial charge on any atom is 0.132 e. The summed E-state index contributed by atoms with van der Waals surface area (Å²) in [6, 6.07) is 50.2. The molecule has 1 aliphatic heterocycles. The van der Waals surface area contributed by atoms with Crippen molar-refractivity contribution >= 4 is 32.3 Å². The lowest BCUT2D eigenvalue weighted by molar-refractivity contribution is 0.456. The highest BCUT2D eigenvalue weighted by atomic mass is 16.5. The molecule has 7 aromatic carbocycles. The summed E-state index contributed by atoms with van der Waals surface area (Å²) >= 11 is 0. The summed E-state index contributed by atoms with van der Waals surface area (Å²) in [5.41, 5.74) is 6.28. The molecule has 1 heterocycles. The second-order valence-corrected chi connectivity index (χ2v) is 10.0. The highest BCUT2D eigenvalue weighted by Crippen LogP contribution is 2.53. The normalized spacial score (nSPS) is 12.8. The second-order valence-electron chi connectivity index (χ2n) is 10.0. The molecule has 8 rings (SSSR count). The smallest absolute Gasteiger partial charge is 0.132 e. The topological polar surface area (TPSA) is 9.23 Å². The predicted octanol–water partition coefficient (Wildman–Crippen LogP) is 10.1. The third kappa shape index (κ3) is 3.12. The molecule has 0 atom stereocenters. The standard InChI is InChI=1S/C37H24O/c1-2-10-24(11-3-1)27-20-21-32(31-17-9-8-16-30(27)31)37-35-28-14-6-4-12-25(28)18-22-33(35)38-34-23-19-26-13-5-7-15-29(26)36(34)37/h1-23,37H. The van der Waals surface area contributed by atoms with Crippen molar-refractivity contribution in [3.8, 4) is 22.6 Å². The Kier molecular flexibility index (Phi) is 4.65. The maximum absolute atomic E-state index is 6.65. The van der Waals surface area contributed by atoms with Gasteiger partial charge in [-0.15, -0.1) is 0 Å². The molecule has 0 saturated heterocycles. The predicted molar refractivity (Wildman–Crippen MR) is 158 cm³/mol. The van der Waals surface area contributed by atoms with Gasteiger partial charge in [-0.2, -0.15) is 0 Å². The average molecular weight is 485 g/mol. The molecule has 0 saturated carbocycles. The Morgan fingerprint density at radius 1 is 0.395 bits per heavy atom. The first-order valence-electron chi connectivity index (χ1n) is 13.1. The first-order chi connectivity index (χ1) is 18.9. The molecule has 1 aliphatic rings. The summed E-state index contributed by atoms with van der Waals surface area (Å²) in [5, 5.41) is 7.49. The van der Waals surface area contributed by atoms with E-state index in [9.17, 15) is 0 Å². The van der Waals surface area contributed by atoms with E-state index < -0.39 is 0 Å². The minimum absolute atomic E-state index is 0.0284. The van der Waals surface area contributed by atoms with Gasteiger partial charge in [-0.3, -0.25) is 0 Å². The number of hydrogen-bond donors (Lipinski definition) is 0. The minimum Gasteiger partial charge on any atom is -0.457 e. The SMILES string of the molecule is c1ccc(-c2ccc(C3c4c(ccc5ccccc45)Oc4ccc5ccccc5c43)c3ccccc23)cc1. The zero-order chi connectivity index (χ0) is 25.1. The number of benzene rings is 7. The van der Waals surface area contributed by atoms with Gasteiger partial charge in [0.05, 0.1) is 0 Å². The fourth-order valence-corrected chi connectivity index (χ4v) is 6.34. The molecule has 0 fully saturated rings. The quantitative estimate of drug-likeness (QED) is 0.237. The van der Waals surface area contributed by atoms with E-state index in [0.29, 0.717) is 0 Å². The van der Waals surface area contributed by atoms with Crippen LogP contribution in [-0.2, 0) is 0 Å². The zero-order valence-electron chi connectivity index (χ0n) is 20.8. The molecule has 1 nitrogen and oxygen atoms in total. The number of ether oxygens (including phenoxy) is 1. The number of hydrogen-bond acceptors (Lipinski definition) is 1. The Balaban J connectivity index is 1.50. The summed E-state index contributed by atoms with van der Waals surface area (Å²) < 4.78 is 6.65. The van der Waals surface area contributed by atoms with Crippen LogP contribution in [0.3, 0.4) is 0 Å². The molecule has 0 radical (unpaired) electrons. The molecule has 0 bridgehead atoms. The van der Waals surface area contributed by atoms with Crippen molar-refractivity contribution in [3.63, 3.8) is 0 Å². The molecule has 0 N–H and O–H groups in total. The highest BCUT2D eigenvalue weighted by molar-refractivity contribution is 6.02. The van der Waals surface area contributed by atoms with E-state index in [-0.39, 0.29) is 5.92 Å². The largest absolute Gasteiger partial charge is 0.457 e. The molecule has 0 aromatic heterocycles. The fourth-order valence-electron chi connectivity index (χ4n) is 6.34. The van der Waals surface area contributed by atoms with Crippen LogP contribution in [0.2, 0.25) is 0 Å². The van der Waals surface area contributed by atoms with Crippen LogP contribution < -0.4 is 4.74 Å². The highest BCUT2D eigenvalue weighted by Gasteiger charge is 2.33. The lowest BCUT2D eigenvalue weighted by Crippen LogP contribution is -2.13. The van der Waals surface area contributed by atoms with Gasteiger partial charge in [-0.25, -0.2) is 0 Å². The zero-order valence-corrected chi connectivity index (χ0v) is 20.8. The lowest BCUT2D eigenvalue weighted by atomic mass is 9.76. The maximum atomic E-state index is 6.65. The average Bonchev–Trinajstić information content (AvgIpc) is 2.99. The van der Waals surface area contributed by atoms with Gasteiger partial charge in [0.25, 0.3) is 0 Å². The minimum atomic E-state index is 0.0284. The number of rotatable bonds is 2. The van der Waals surface area contributed by atoms with Crippen molar-refractivity contribution in [1.29, 1.82) is 0 Å². The molecule has 38 heavy (non-hydrogen) atoms. The molecule has 0 unspecified atom stereocenters. The molecule has 0 amide bonds. The van der Waals surface area contributed by atoms with Gasteiger partial charge in [0.1, 0.15) is 11.5 Å². The summed E-state index contributed by atoms with van der Waals surface area (Å²) in [5.74, 6) is 1.90. The Bertz CT molecular complexity index is 1920. The van der Waals surface area contributed by atoms with Crippen LogP contribution in [0.1, 0.15) is 22.6 Å². The van der Waals surface area contributed by atoms with E-state index >= 15 is 0 Å². The van der Waals surface area contributed by atoms with Crippen LogP contribution in [0.15, 0.2) is 140 Å². The van der Waals surface area contributed by atoms with Gasteiger partial charge in [0.15, 0.2) is 0 Å². The summed E-state index contributed by atoms with van der Waals surface area (Å²) in [7, 11) is 0. The van der Waals surface area contributed by atoms with Gasteiger partial charge in [0, 0.05) is 17.0 Å². The van der Waals surface area contributed by atoms with Crippen LogP contribution in [0.4, 0.5) is 0 Å². The van der Waals surface area contributed by atoms with Crippen molar-refractivity contribution in [1.82, 2.24) is 0 Å². The van der Waals surface area contributed by atoms with E-state index in [0.717, 1.165) is 11.5 Å². The molecular weight excluding hydrogens is 460 g/mol. The fraction of sp³-hybridized carbons (Fsp3) is 0.0270. The van der Waals surface area contributed by atoms with Crippen molar-refractivity contribution in [2.45, 2.75) is 5.92 Å². The van der Waals surface area contributed by atoms with E-state index in [2.05, 4.69) is 140 Å². The Morgan fingerprint density at radius 2 is 0.921 bits per heavy atom. The van der Waals surface area contributed by atoms with Crippen LogP contribution in [0.5, 0.6) is 11.5 Å². The van der Waals surface area contributed by atoms with Crippen LogP contribution in [0.25, 0.3) is 43.4 Å². The van der Waals surface area contributed by atoms with Crippen LogP contribution in [-0.4, -0.2) is 0 Å². The molecular formula is C37H24O. The van der Waals surface area contributed by atoms with Crippen molar-refractivity contribution in [2.24, 2.45) is 0 Å². The van der Waals surface area contributed by atoms with Crippen molar-refractivity contribution in [3.05, 3.63) is 156 Å². The van der Waals surface area contributed by atoms with Gasteiger partial charge in [0.2, 0.25) is 0 Å². The number of fused-ring (bicyclic) bond motifs is 7. The van der Waals surface area contributed by atoms with E-state index in [1.165, 1.54) is 60.1 Å². The first-order valence-corrected chi connectivity index (χ1v) is 13.1. The summed E-state index contributed by atoms with van der Waals surface area (Å²) in [4.78, 5) is 0. The monoisotopic (exact) mass is 484 g/mol. The molecule has 7 aromatic rings. The van der Waals surface area contributed by atoms with Gasteiger partial charge in [-0.1, -0.05) is 127 Å². The Labute approximate surface area is 221 Å². The van der Waals surface area contributed by atoms with E-state index in [4.69, 9.17) is 4.74 Å². The molecule has 0 aliphatic carbocycles. The molecule has 178 valence electrons. The Morgan fingerprint density at radius 3 is 1.55 bits per heavy atom. The molecule has 1 heteroatoms. The third-order valence-corrected chi connectivity index (χ3v) is 8.01. The summed E-state index contributed by atoms with van der Waals surface area (Å²) in [6.45, 7) is 0. The van der Waals surface area contributed by atoms with Crippen molar-refractivity contribution in [2.75, 3.05) is 0 Å². The van der Waals surface area contributed by atoms with Gasteiger partial charge >= 0.3 is 0 Å². The Hall–Kier alpha value is -4.88. The van der Waals surface area contributed by atoms with Crippen LogP contribution in [0, 0.1) is 0 Å². The summed E-state index contributed by atoms with van der Waals surface area (Å²) in [6.07, 6.45) is 0. The second kappa shape index (κ2) is 8.33. The van der Waals surface area contributed by atoms with E-state index in [1.807, 2.05) is 0 Å².